The summed E-state index contributed by atoms with van der Waals surface area (Å²) in [5.74, 6) is 0.0950. The van der Waals surface area contributed by atoms with Crippen molar-refractivity contribution in [1.82, 2.24) is 24.2 Å². The molecule has 26 heavy (non-hydrogen) atoms. The molecule has 0 spiro atoms. The minimum atomic E-state index is 0.0950. The lowest BCUT2D eigenvalue weighted by Crippen LogP contribution is -2.41. The average Bonchev–Trinajstić information content (AvgIpc) is 3.31. The molecule has 3 aromatic rings. The van der Waals surface area contributed by atoms with Crippen LogP contribution in [0.5, 0.6) is 0 Å². The molecular formula is C20H23N5O. The molecule has 1 aliphatic rings. The molecule has 1 amide bonds. The zero-order valence-corrected chi connectivity index (χ0v) is 15.0. The van der Waals surface area contributed by atoms with Gasteiger partial charge < -0.3 is 9.47 Å². The van der Waals surface area contributed by atoms with E-state index in [0.717, 1.165) is 36.2 Å². The number of carbonyl (C=O) groups is 1. The summed E-state index contributed by atoms with van der Waals surface area (Å²) < 4.78 is 4.02. The summed E-state index contributed by atoms with van der Waals surface area (Å²) in [7, 11) is 0. The Bertz CT molecular complexity index is 883. The molecule has 1 unspecified atom stereocenters. The molecule has 134 valence electrons. The number of hydrogen-bond acceptors (Lipinski definition) is 3. The topological polar surface area (TPSA) is 56.0 Å². The Morgan fingerprint density at radius 3 is 2.88 bits per heavy atom. The predicted molar refractivity (Wildman–Crippen MR) is 98.9 cm³/mol. The third-order valence-electron chi connectivity index (χ3n) is 4.94. The first-order chi connectivity index (χ1) is 12.7. The van der Waals surface area contributed by atoms with Crippen molar-refractivity contribution >= 4 is 5.91 Å². The summed E-state index contributed by atoms with van der Waals surface area (Å²) in [4.78, 5) is 19.1. The molecule has 1 aliphatic heterocycles. The maximum atomic E-state index is 13.1. The second-order valence-electron chi connectivity index (χ2n) is 6.92. The van der Waals surface area contributed by atoms with Crippen molar-refractivity contribution in [3.05, 3.63) is 72.1 Å². The third-order valence-corrected chi connectivity index (χ3v) is 4.94. The molecule has 6 nitrogen and oxygen atoms in total. The number of likely N-dealkylation sites (tertiary alicyclic amines) is 1. The van der Waals surface area contributed by atoms with Gasteiger partial charge in [0.25, 0.3) is 5.91 Å². The van der Waals surface area contributed by atoms with E-state index in [1.807, 2.05) is 57.7 Å². The van der Waals surface area contributed by atoms with E-state index < -0.39 is 0 Å². The van der Waals surface area contributed by atoms with Gasteiger partial charge in [-0.3, -0.25) is 14.5 Å². The Kier molecular flexibility index (Phi) is 4.56. The van der Waals surface area contributed by atoms with Crippen LogP contribution in [-0.2, 0) is 6.54 Å². The van der Waals surface area contributed by atoms with Gasteiger partial charge in [-0.25, -0.2) is 0 Å². The minimum Gasteiger partial charge on any atom is -0.339 e. The van der Waals surface area contributed by atoms with Crippen LogP contribution in [0.1, 0.15) is 40.5 Å². The van der Waals surface area contributed by atoms with Gasteiger partial charge in [0.1, 0.15) is 5.69 Å². The van der Waals surface area contributed by atoms with E-state index in [9.17, 15) is 4.79 Å². The first-order valence-corrected chi connectivity index (χ1v) is 9.05. The molecule has 1 saturated heterocycles. The molecule has 0 saturated carbocycles. The van der Waals surface area contributed by atoms with Crippen LogP contribution < -0.4 is 0 Å². The zero-order chi connectivity index (χ0) is 17.9. The highest BCUT2D eigenvalue weighted by molar-refractivity contribution is 5.92. The number of carbonyl (C=O) groups excluding carboxylic acids is 1. The number of hydrogen-bond donors (Lipinski definition) is 0. The monoisotopic (exact) mass is 349 g/mol. The van der Waals surface area contributed by atoms with Crippen molar-refractivity contribution in [2.75, 3.05) is 13.1 Å². The highest BCUT2D eigenvalue weighted by atomic mass is 16.2. The van der Waals surface area contributed by atoms with Crippen LogP contribution >= 0.6 is 0 Å². The molecule has 4 heterocycles. The van der Waals surface area contributed by atoms with Gasteiger partial charge in [0.05, 0.1) is 12.2 Å². The van der Waals surface area contributed by atoms with Crippen LogP contribution in [0.4, 0.5) is 0 Å². The molecule has 0 radical (unpaired) electrons. The summed E-state index contributed by atoms with van der Waals surface area (Å²) in [6.45, 7) is 4.23. The highest BCUT2D eigenvalue weighted by Crippen LogP contribution is 2.23. The molecule has 1 atom stereocenters. The van der Waals surface area contributed by atoms with E-state index in [1.165, 1.54) is 0 Å². The fourth-order valence-corrected chi connectivity index (χ4v) is 3.58. The normalized spacial score (nSPS) is 17.4. The van der Waals surface area contributed by atoms with Crippen molar-refractivity contribution in [2.24, 2.45) is 0 Å². The second-order valence-corrected chi connectivity index (χ2v) is 6.92. The molecule has 0 N–H and O–H groups in total. The second kappa shape index (κ2) is 7.15. The average molecular weight is 349 g/mol. The molecule has 0 aromatic carbocycles. The van der Waals surface area contributed by atoms with Crippen molar-refractivity contribution in [3.8, 4) is 0 Å². The van der Waals surface area contributed by atoms with Gasteiger partial charge >= 0.3 is 0 Å². The number of piperidine rings is 1. The molecular weight excluding hydrogens is 326 g/mol. The number of amides is 1. The maximum Gasteiger partial charge on any atom is 0.270 e. The SMILES string of the molecule is Cc1cnn(C2CCCN(C(=O)c3cccn3Cc3ccncc3)C2)c1. The van der Waals surface area contributed by atoms with E-state index >= 15 is 0 Å². The molecule has 3 aromatic heterocycles. The van der Waals surface area contributed by atoms with Gasteiger partial charge in [0.2, 0.25) is 0 Å². The largest absolute Gasteiger partial charge is 0.339 e. The molecule has 6 heteroatoms. The van der Waals surface area contributed by atoms with Crippen molar-refractivity contribution in [1.29, 1.82) is 0 Å². The number of pyridine rings is 1. The van der Waals surface area contributed by atoms with Crippen LogP contribution in [0, 0.1) is 6.92 Å². The van der Waals surface area contributed by atoms with E-state index in [2.05, 4.69) is 16.3 Å². The number of rotatable bonds is 4. The summed E-state index contributed by atoms with van der Waals surface area (Å²) in [6.07, 6.45) is 11.5. The smallest absolute Gasteiger partial charge is 0.270 e. The summed E-state index contributed by atoms with van der Waals surface area (Å²) in [6, 6.07) is 8.05. The Balaban J connectivity index is 1.50. The van der Waals surface area contributed by atoms with Crippen LogP contribution in [0.15, 0.2) is 55.2 Å². The Hall–Kier alpha value is -2.89. The van der Waals surface area contributed by atoms with Crippen LogP contribution in [0.2, 0.25) is 0 Å². The predicted octanol–water partition coefficient (Wildman–Crippen LogP) is 2.91. The summed E-state index contributed by atoms with van der Waals surface area (Å²) >= 11 is 0. The maximum absolute atomic E-state index is 13.1. The summed E-state index contributed by atoms with van der Waals surface area (Å²) in [5.41, 5.74) is 3.02. The van der Waals surface area contributed by atoms with Gasteiger partial charge in [-0.1, -0.05) is 0 Å². The van der Waals surface area contributed by atoms with E-state index in [-0.39, 0.29) is 11.9 Å². The van der Waals surface area contributed by atoms with Crippen molar-refractivity contribution in [3.63, 3.8) is 0 Å². The van der Waals surface area contributed by atoms with Gasteiger partial charge in [0.15, 0.2) is 0 Å². The summed E-state index contributed by atoms with van der Waals surface area (Å²) in [5, 5.41) is 4.44. The fourth-order valence-electron chi connectivity index (χ4n) is 3.58. The van der Waals surface area contributed by atoms with E-state index in [4.69, 9.17) is 0 Å². The van der Waals surface area contributed by atoms with Crippen molar-refractivity contribution < 1.29 is 4.79 Å². The Morgan fingerprint density at radius 2 is 2.12 bits per heavy atom. The van der Waals surface area contributed by atoms with Gasteiger partial charge in [0, 0.05) is 44.4 Å². The van der Waals surface area contributed by atoms with Crippen LogP contribution in [-0.4, -0.2) is 43.2 Å². The number of aromatic nitrogens is 4. The molecule has 4 rings (SSSR count). The van der Waals surface area contributed by atoms with Crippen LogP contribution in [0.3, 0.4) is 0 Å². The van der Waals surface area contributed by atoms with Crippen molar-refractivity contribution in [2.45, 2.75) is 32.4 Å². The zero-order valence-electron chi connectivity index (χ0n) is 15.0. The first kappa shape index (κ1) is 16.6. The van der Waals surface area contributed by atoms with E-state index in [1.54, 1.807) is 12.4 Å². The van der Waals surface area contributed by atoms with Gasteiger partial charge in [-0.2, -0.15) is 5.10 Å². The highest BCUT2D eigenvalue weighted by Gasteiger charge is 2.27. The number of aryl methyl sites for hydroxylation is 1. The third kappa shape index (κ3) is 3.40. The van der Waals surface area contributed by atoms with E-state index in [0.29, 0.717) is 13.1 Å². The minimum absolute atomic E-state index is 0.0950. The standard InChI is InChI=1S/C20H23N5O/c1-16-12-22-25(13-16)18-4-2-11-24(15-18)20(26)19-5-3-10-23(19)14-17-6-8-21-9-7-17/h3,5-10,12-13,18H,2,4,11,14-15H2,1H3. The lowest BCUT2D eigenvalue weighted by molar-refractivity contribution is 0.0662. The first-order valence-electron chi connectivity index (χ1n) is 9.05. The van der Waals surface area contributed by atoms with Gasteiger partial charge in [-0.15, -0.1) is 0 Å². The fraction of sp³-hybridized carbons (Fsp3) is 0.350. The molecule has 1 fully saturated rings. The Labute approximate surface area is 153 Å². The Morgan fingerprint density at radius 1 is 1.27 bits per heavy atom. The number of nitrogens with zero attached hydrogens (tertiary/aromatic N) is 5. The lowest BCUT2D eigenvalue weighted by Gasteiger charge is -2.33. The molecule has 0 aliphatic carbocycles. The quantitative estimate of drug-likeness (QED) is 0.728. The van der Waals surface area contributed by atoms with Gasteiger partial charge in [-0.05, 0) is 55.2 Å². The van der Waals surface area contributed by atoms with Crippen LogP contribution in [0.25, 0.3) is 0 Å². The lowest BCUT2D eigenvalue weighted by atomic mass is 10.1. The molecule has 0 bridgehead atoms.